The van der Waals surface area contributed by atoms with Gasteiger partial charge < -0.3 is 0 Å². The van der Waals surface area contributed by atoms with Crippen LogP contribution in [0.5, 0.6) is 0 Å². The maximum Gasteiger partial charge on any atom is 0.289 e. The van der Waals surface area contributed by atoms with Crippen molar-refractivity contribution in [1.82, 2.24) is 0 Å². The first kappa shape index (κ1) is 20.8. The van der Waals surface area contributed by atoms with Crippen LogP contribution in [0.3, 0.4) is 0 Å². The normalized spacial score (nSPS) is 11.8. The Morgan fingerprint density at radius 1 is 0.759 bits per heavy atom. The summed E-state index contributed by atoms with van der Waals surface area (Å²) in [6.07, 6.45) is 0. The van der Waals surface area contributed by atoms with Gasteiger partial charge in [-0.25, -0.2) is 16.8 Å². The molecule has 0 N–H and O–H groups in total. The first-order chi connectivity index (χ1) is 13.7. The molecular weight excluding hydrogens is 440 g/mol. The molecule has 8 nitrogen and oxygen atoms in total. The van der Waals surface area contributed by atoms with E-state index in [4.69, 9.17) is 11.6 Å². The molecule has 0 aliphatic rings. The number of para-hydroxylation sites is 1. The van der Waals surface area contributed by atoms with Crippen LogP contribution in [0, 0.1) is 10.1 Å². The van der Waals surface area contributed by atoms with Crippen molar-refractivity contribution in [2.24, 2.45) is 0 Å². The van der Waals surface area contributed by atoms with E-state index in [1.165, 1.54) is 48.5 Å². The zero-order valence-corrected chi connectivity index (χ0v) is 16.9. The van der Waals surface area contributed by atoms with Gasteiger partial charge in [0, 0.05) is 6.07 Å². The van der Waals surface area contributed by atoms with Crippen molar-refractivity contribution in [1.29, 1.82) is 0 Å². The molecule has 0 saturated heterocycles. The number of rotatable bonds is 6. The summed E-state index contributed by atoms with van der Waals surface area (Å²) < 4.78 is 53.3. The van der Waals surface area contributed by atoms with E-state index in [1.54, 1.807) is 12.1 Å². The first-order valence-corrected chi connectivity index (χ1v) is 11.3. The molecule has 0 saturated carbocycles. The summed E-state index contributed by atoms with van der Waals surface area (Å²) in [4.78, 5) is 9.47. The van der Waals surface area contributed by atoms with E-state index >= 15 is 0 Å². The van der Waals surface area contributed by atoms with Crippen LogP contribution < -0.4 is 3.71 Å². The molecule has 0 atom stereocenters. The number of sulfonamides is 2. The topological polar surface area (TPSA) is 115 Å². The van der Waals surface area contributed by atoms with Crippen molar-refractivity contribution in [2.75, 3.05) is 3.71 Å². The third-order valence-electron chi connectivity index (χ3n) is 3.86. The highest BCUT2D eigenvalue weighted by atomic mass is 35.5. The largest absolute Gasteiger partial charge is 0.289 e. The first-order valence-electron chi connectivity index (χ1n) is 8.00. The summed E-state index contributed by atoms with van der Waals surface area (Å²) in [7, 11) is -9.31. The van der Waals surface area contributed by atoms with E-state index < -0.39 is 35.6 Å². The number of halogens is 1. The summed E-state index contributed by atoms with van der Waals surface area (Å²) in [5.74, 6) is 0. The average molecular weight is 453 g/mol. The molecule has 0 aliphatic heterocycles. The molecule has 150 valence electrons. The van der Waals surface area contributed by atoms with Crippen LogP contribution in [0.4, 0.5) is 11.4 Å². The van der Waals surface area contributed by atoms with Gasteiger partial charge in [0.2, 0.25) is 0 Å². The Balaban J connectivity index is 2.28. The second kappa shape index (κ2) is 7.82. The maximum absolute atomic E-state index is 13.3. The molecule has 11 heteroatoms. The van der Waals surface area contributed by atoms with Crippen LogP contribution >= 0.6 is 11.6 Å². The van der Waals surface area contributed by atoms with E-state index in [-0.39, 0.29) is 19.3 Å². The number of nitro benzene ring substituents is 1. The summed E-state index contributed by atoms with van der Waals surface area (Å²) >= 11 is 5.76. The number of anilines is 1. The Morgan fingerprint density at radius 2 is 1.28 bits per heavy atom. The van der Waals surface area contributed by atoms with Crippen molar-refractivity contribution in [3.05, 3.63) is 94.0 Å². The van der Waals surface area contributed by atoms with Crippen molar-refractivity contribution in [3.8, 4) is 0 Å². The number of hydrogen-bond acceptors (Lipinski definition) is 6. The van der Waals surface area contributed by atoms with Crippen LogP contribution in [-0.2, 0) is 20.0 Å². The van der Waals surface area contributed by atoms with Crippen molar-refractivity contribution in [3.63, 3.8) is 0 Å². The highest BCUT2D eigenvalue weighted by Gasteiger charge is 2.37. The molecule has 0 fully saturated rings. The zero-order chi connectivity index (χ0) is 21.2. The lowest BCUT2D eigenvalue weighted by Crippen LogP contribution is -2.37. The van der Waals surface area contributed by atoms with E-state index in [0.29, 0.717) is 0 Å². The summed E-state index contributed by atoms with van der Waals surface area (Å²) in [6.45, 7) is 0. The number of nitrogens with zero attached hydrogens (tertiary/aromatic N) is 2. The van der Waals surface area contributed by atoms with Gasteiger partial charge in [-0.05, 0) is 36.4 Å². The van der Waals surface area contributed by atoms with Crippen molar-refractivity contribution >= 4 is 43.0 Å². The average Bonchev–Trinajstić information content (AvgIpc) is 2.69. The fraction of sp³-hybridized carbons (Fsp3) is 0. The van der Waals surface area contributed by atoms with Crippen molar-refractivity contribution in [2.45, 2.75) is 9.79 Å². The summed E-state index contributed by atoms with van der Waals surface area (Å²) in [6, 6.07) is 16.9. The van der Waals surface area contributed by atoms with Gasteiger partial charge in [0.15, 0.2) is 0 Å². The molecule has 29 heavy (non-hydrogen) atoms. The number of nitro groups is 1. The molecule has 0 radical (unpaired) electrons. The minimum atomic E-state index is -4.75. The Kier molecular flexibility index (Phi) is 5.60. The lowest BCUT2D eigenvalue weighted by molar-refractivity contribution is -0.384. The van der Waals surface area contributed by atoms with E-state index in [1.807, 2.05) is 0 Å². The third-order valence-corrected chi connectivity index (χ3v) is 8.37. The maximum atomic E-state index is 13.3. The quantitative estimate of drug-likeness (QED) is 0.414. The van der Waals surface area contributed by atoms with Gasteiger partial charge >= 0.3 is 0 Å². The highest BCUT2D eigenvalue weighted by molar-refractivity contribution is 8.10. The Morgan fingerprint density at radius 3 is 1.83 bits per heavy atom. The van der Waals surface area contributed by atoms with Crippen LogP contribution in [0.1, 0.15) is 0 Å². The molecule has 0 heterocycles. The number of hydrogen-bond donors (Lipinski definition) is 0. The predicted octanol–water partition coefficient (Wildman–Crippen LogP) is 3.83. The molecular formula is C18H13ClN2O6S2. The van der Waals surface area contributed by atoms with Gasteiger partial charge in [0.05, 0.1) is 20.4 Å². The molecule has 3 aromatic carbocycles. The van der Waals surface area contributed by atoms with Gasteiger partial charge in [0.25, 0.3) is 25.7 Å². The van der Waals surface area contributed by atoms with Crippen LogP contribution in [0.15, 0.2) is 88.7 Å². The van der Waals surface area contributed by atoms with Crippen LogP contribution in [0.25, 0.3) is 0 Å². The van der Waals surface area contributed by atoms with Gasteiger partial charge in [-0.1, -0.05) is 48.0 Å². The van der Waals surface area contributed by atoms with Gasteiger partial charge in [-0.3, -0.25) is 10.1 Å². The molecule has 3 rings (SSSR count). The Bertz CT molecular complexity index is 1260. The molecule has 0 bridgehead atoms. The predicted molar refractivity (Wildman–Crippen MR) is 108 cm³/mol. The Hall–Kier alpha value is -2.95. The number of benzene rings is 3. The fourth-order valence-electron chi connectivity index (χ4n) is 2.53. The van der Waals surface area contributed by atoms with Crippen molar-refractivity contribution < 1.29 is 21.8 Å². The standard InChI is InChI=1S/C18H13ClN2O6S2/c19-17-12-11-16(13-18(17)20(22)23)29(26,27)21(14-7-3-1-4-8-14)28(24,25)15-9-5-2-6-10-15/h1-13H. The minimum Gasteiger partial charge on any atom is -0.258 e. The van der Waals surface area contributed by atoms with E-state index in [0.717, 1.165) is 18.2 Å². The molecule has 0 aliphatic carbocycles. The summed E-state index contributed by atoms with van der Waals surface area (Å²) in [5.41, 5.74) is -0.799. The smallest absolute Gasteiger partial charge is 0.258 e. The second-order valence-electron chi connectivity index (χ2n) is 5.73. The molecule has 3 aromatic rings. The lowest BCUT2D eigenvalue weighted by atomic mass is 10.3. The molecule has 0 aromatic heterocycles. The molecule has 0 unspecified atom stereocenters. The lowest BCUT2D eigenvalue weighted by Gasteiger charge is -2.24. The highest BCUT2D eigenvalue weighted by Crippen LogP contribution is 2.33. The second-order valence-corrected chi connectivity index (χ2v) is 9.94. The molecule has 0 amide bonds. The minimum absolute atomic E-state index is 0.144. The van der Waals surface area contributed by atoms with E-state index in [2.05, 4.69) is 0 Å². The summed E-state index contributed by atoms with van der Waals surface area (Å²) in [5, 5.41) is 10.9. The monoisotopic (exact) mass is 452 g/mol. The van der Waals surface area contributed by atoms with Gasteiger partial charge in [-0.2, -0.15) is 3.71 Å². The zero-order valence-electron chi connectivity index (χ0n) is 14.5. The van der Waals surface area contributed by atoms with Crippen LogP contribution in [-0.4, -0.2) is 21.8 Å². The molecule has 0 spiro atoms. The Labute approximate surface area is 172 Å². The van der Waals surface area contributed by atoms with Gasteiger partial charge in [-0.15, -0.1) is 0 Å². The van der Waals surface area contributed by atoms with Gasteiger partial charge in [0.1, 0.15) is 5.02 Å². The SMILES string of the molecule is O=[N+]([O-])c1cc(S(=O)(=O)N(c2ccccc2)S(=O)(=O)c2ccccc2)ccc1Cl. The van der Waals surface area contributed by atoms with Crippen LogP contribution in [0.2, 0.25) is 5.02 Å². The van der Waals surface area contributed by atoms with E-state index in [9.17, 15) is 26.9 Å². The third kappa shape index (κ3) is 3.95. The fourth-order valence-corrected chi connectivity index (χ4v) is 6.45.